The Morgan fingerprint density at radius 3 is 2.83 bits per heavy atom. The van der Waals surface area contributed by atoms with Crippen LogP contribution < -0.4 is 11.1 Å². The molecule has 0 atom stereocenters. The molecule has 6 N–H and O–H groups in total. The number of phenols is 1. The highest BCUT2D eigenvalue weighted by atomic mass is 16.3. The molecule has 0 spiro atoms. The van der Waals surface area contributed by atoms with Crippen LogP contribution in [0, 0.1) is 5.41 Å². The van der Waals surface area contributed by atoms with Crippen LogP contribution in [-0.4, -0.2) is 25.7 Å². The minimum Gasteiger partial charge on any atom is -0.508 e. The summed E-state index contributed by atoms with van der Waals surface area (Å²) in [7, 11) is 0. The van der Waals surface area contributed by atoms with Crippen LogP contribution in [0.4, 0.5) is 5.82 Å². The van der Waals surface area contributed by atoms with Crippen molar-refractivity contribution in [1.29, 1.82) is 5.41 Å². The van der Waals surface area contributed by atoms with E-state index in [0.717, 1.165) is 16.6 Å². The highest BCUT2D eigenvalue weighted by Crippen LogP contribution is 2.33. The summed E-state index contributed by atoms with van der Waals surface area (Å²) in [4.78, 5) is 3.26. The van der Waals surface area contributed by atoms with Crippen LogP contribution in [0.15, 0.2) is 37.0 Å². The molecular weight excluding hydrogens is 304 g/mol. The van der Waals surface area contributed by atoms with Gasteiger partial charge in [-0.15, -0.1) is 0 Å². The fourth-order valence-corrected chi connectivity index (χ4v) is 2.73. The minimum atomic E-state index is -0.0808. The highest BCUT2D eigenvalue weighted by Gasteiger charge is 2.23. The monoisotopic (exact) mass is 324 g/mol. The molecule has 0 unspecified atom stereocenters. The van der Waals surface area contributed by atoms with E-state index in [-0.39, 0.29) is 17.6 Å². The molecule has 0 aliphatic carbocycles. The zero-order valence-corrected chi connectivity index (χ0v) is 13.6. The molecule has 0 aliphatic rings. The number of nitrogens with two attached hydrogens (primary N) is 1. The molecule has 0 amide bonds. The molecule has 7 heteroatoms. The summed E-state index contributed by atoms with van der Waals surface area (Å²) in [5, 5.41) is 26.1. The number of aromatic hydroxyl groups is 1. The number of nitrogen functional groups attached to an aromatic ring is 1. The SMILES string of the molecule is C=CNc1c(C(=N)N)c(-c2cc3cc(O)ccc3[nH]2)nn1C(C)C. The van der Waals surface area contributed by atoms with E-state index in [9.17, 15) is 5.11 Å². The Hall–Kier alpha value is -3.22. The van der Waals surface area contributed by atoms with Crippen LogP contribution in [0.5, 0.6) is 5.75 Å². The average Bonchev–Trinajstić information content (AvgIpc) is 3.08. The lowest BCUT2D eigenvalue weighted by molar-refractivity contribution is 0.476. The first-order valence-corrected chi connectivity index (χ1v) is 7.58. The van der Waals surface area contributed by atoms with Crippen LogP contribution in [0.2, 0.25) is 0 Å². The minimum absolute atomic E-state index is 0.0766. The van der Waals surface area contributed by atoms with Gasteiger partial charge in [-0.3, -0.25) is 5.41 Å². The van der Waals surface area contributed by atoms with Gasteiger partial charge < -0.3 is 21.1 Å². The summed E-state index contributed by atoms with van der Waals surface area (Å²) in [6.45, 7) is 7.68. The van der Waals surface area contributed by atoms with E-state index in [1.165, 1.54) is 6.20 Å². The zero-order chi connectivity index (χ0) is 17.4. The number of hydrogen-bond donors (Lipinski definition) is 5. The van der Waals surface area contributed by atoms with Crippen molar-refractivity contribution >= 4 is 22.6 Å². The second-order valence-electron chi connectivity index (χ2n) is 5.83. The van der Waals surface area contributed by atoms with Gasteiger partial charge in [-0.25, -0.2) is 4.68 Å². The number of phenolic OH excluding ortho intramolecular Hbond substituents is 1. The van der Waals surface area contributed by atoms with Crippen LogP contribution >= 0.6 is 0 Å². The molecule has 0 saturated heterocycles. The zero-order valence-electron chi connectivity index (χ0n) is 13.6. The van der Waals surface area contributed by atoms with E-state index in [0.29, 0.717) is 17.1 Å². The van der Waals surface area contributed by atoms with Crippen molar-refractivity contribution in [3.8, 4) is 17.1 Å². The molecular formula is C17H20N6O. The molecule has 3 rings (SSSR count). The molecule has 0 bridgehead atoms. The molecule has 2 aromatic heterocycles. The Labute approximate surface area is 139 Å². The number of aromatic amines is 1. The quantitative estimate of drug-likeness (QED) is 0.366. The number of nitrogens with zero attached hydrogens (tertiary/aromatic N) is 2. The molecule has 124 valence electrons. The standard InChI is InChI=1S/C17H20N6O/c1-4-20-17-14(16(18)19)15(22-23(17)9(2)3)13-8-10-7-11(24)5-6-12(10)21-13/h4-9,20-21,24H,1H2,2-3H3,(H3,18,19). The van der Waals surface area contributed by atoms with E-state index in [1.807, 2.05) is 19.9 Å². The summed E-state index contributed by atoms with van der Waals surface area (Å²) in [6, 6.07) is 7.04. The smallest absolute Gasteiger partial charge is 0.140 e. The summed E-state index contributed by atoms with van der Waals surface area (Å²) in [6.07, 6.45) is 1.54. The number of fused-ring (bicyclic) bond motifs is 1. The molecule has 0 fully saturated rings. The molecule has 1 aromatic carbocycles. The third-order valence-electron chi connectivity index (χ3n) is 3.77. The maximum atomic E-state index is 9.64. The maximum absolute atomic E-state index is 9.64. The predicted molar refractivity (Wildman–Crippen MR) is 96.4 cm³/mol. The molecule has 0 aliphatic heterocycles. The van der Waals surface area contributed by atoms with E-state index in [1.54, 1.807) is 22.9 Å². The Kier molecular flexibility index (Phi) is 3.76. The van der Waals surface area contributed by atoms with Gasteiger partial charge in [0.05, 0.1) is 11.3 Å². The van der Waals surface area contributed by atoms with Crippen molar-refractivity contribution < 1.29 is 5.11 Å². The Morgan fingerprint density at radius 2 is 2.21 bits per heavy atom. The molecule has 3 aromatic rings. The van der Waals surface area contributed by atoms with Gasteiger partial charge in [0.15, 0.2) is 0 Å². The molecule has 24 heavy (non-hydrogen) atoms. The van der Waals surface area contributed by atoms with E-state index in [4.69, 9.17) is 11.1 Å². The number of H-pyrrole nitrogens is 1. The Bertz CT molecular complexity index is 934. The number of aromatic nitrogens is 3. The van der Waals surface area contributed by atoms with Crippen LogP contribution in [-0.2, 0) is 0 Å². The van der Waals surface area contributed by atoms with Gasteiger partial charge in [-0.05, 0) is 44.3 Å². The third-order valence-corrected chi connectivity index (χ3v) is 3.77. The largest absolute Gasteiger partial charge is 0.508 e. The average molecular weight is 324 g/mol. The normalized spacial score (nSPS) is 11.1. The fraction of sp³-hybridized carbons (Fsp3) is 0.176. The number of amidine groups is 1. The van der Waals surface area contributed by atoms with Crippen LogP contribution in [0.3, 0.4) is 0 Å². The Morgan fingerprint density at radius 1 is 1.46 bits per heavy atom. The summed E-state index contributed by atoms with van der Waals surface area (Å²) in [5.74, 6) is 0.744. The summed E-state index contributed by atoms with van der Waals surface area (Å²) >= 11 is 0. The van der Waals surface area contributed by atoms with Crippen molar-refractivity contribution in [3.63, 3.8) is 0 Å². The second-order valence-corrected chi connectivity index (χ2v) is 5.83. The van der Waals surface area contributed by atoms with Gasteiger partial charge in [-0.2, -0.15) is 5.10 Å². The molecule has 0 radical (unpaired) electrons. The van der Waals surface area contributed by atoms with Crippen LogP contribution in [0.25, 0.3) is 22.3 Å². The van der Waals surface area contributed by atoms with Gasteiger partial charge in [0, 0.05) is 16.9 Å². The lowest BCUT2D eigenvalue weighted by atomic mass is 10.1. The fourth-order valence-electron chi connectivity index (χ4n) is 2.73. The molecule has 0 saturated carbocycles. The first-order chi connectivity index (χ1) is 11.4. The lowest BCUT2D eigenvalue weighted by Crippen LogP contribution is -2.15. The summed E-state index contributed by atoms with van der Waals surface area (Å²) < 4.78 is 1.77. The predicted octanol–water partition coefficient (Wildman–Crippen LogP) is 3.16. The number of nitrogens with one attached hydrogen (secondary N) is 3. The number of benzene rings is 1. The number of rotatable bonds is 5. The van der Waals surface area contributed by atoms with Crippen molar-refractivity contribution in [2.45, 2.75) is 19.9 Å². The Balaban J connectivity index is 2.26. The van der Waals surface area contributed by atoms with E-state index >= 15 is 0 Å². The van der Waals surface area contributed by atoms with Crippen molar-refractivity contribution in [3.05, 3.63) is 42.6 Å². The van der Waals surface area contributed by atoms with Crippen molar-refractivity contribution in [1.82, 2.24) is 14.8 Å². The molecule has 7 nitrogen and oxygen atoms in total. The van der Waals surface area contributed by atoms with Gasteiger partial charge in [0.25, 0.3) is 0 Å². The molecule has 2 heterocycles. The summed E-state index contributed by atoms with van der Waals surface area (Å²) in [5.41, 5.74) is 8.51. The third kappa shape index (κ3) is 2.50. The maximum Gasteiger partial charge on any atom is 0.140 e. The second kappa shape index (κ2) is 5.77. The van der Waals surface area contributed by atoms with Gasteiger partial charge >= 0.3 is 0 Å². The van der Waals surface area contributed by atoms with Gasteiger partial charge in [0.2, 0.25) is 0 Å². The number of anilines is 1. The van der Waals surface area contributed by atoms with Crippen molar-refractivity contribution in [2.24, 2.45) is 5.73 Å². The lowest BCUT2D eigenvalue weighted by Gasteiger charge is -2.11. The first kappa shape index (κ1) is 15.7. The van der Waals surface area contributed by atoms with E-state index < -0.39 is 0 Å². The van der Waals surface area contributed by atoms with Crippen LogP contribution in [0.1, 0.15) is 25.5 Å². The number of hydrogen-bond acceptors (Lipinski definition) is 4. The van der Waals surface area contributed by atoms with Crippen molar-refractivity contribution in [2.75, 3.05) is 5.32 Å². The highest BCUT2D eigenvalue weighted by molar-refractivity contribution is 6.06. The van der Waals surface area contributed by atoms with Gasteiger partial charge in [-0.1, -0.05) is 6.58 Å². The van der Waals surface area contributed by atoms with Gasteiger partial charge in [0.1, 0.15) is 23.1 Å². The van der Waals surface area contributed by atoms with E-state index in [2.05, 4.69) is 22.0 Å². The topological polar surface area (TPSA) is 116 Å². The first-order valence-electron chi connectivity index (χ1n) is 7.58.